The largest absolute Gasteiger partial charge is 0.431 e. The Morgan fingerprint density at radius 3 is 2.25 bits per heavy atom. The van der Waals surface area contributed by atoms with Crippen molar-refractivity contribution >= 4 is 33.4 Å². The Morgan fingerprint density at radius 2 is 1.59 bits per heavy atom. The number of thioether (sulfide) groups is 1. The van der Waals surface area contributed by atoms with E-state index in [4.69, 9.17) is 9.56 Å². The Morgan fingerprint density at radius 1 is 0.938 bits per heavy atom. The molecule has 0 fully saturated rings. The number of hydrogen-bond donors (Lipinski definition) is 2. The Hall–Kier alpha value is -3.40. The van der Waals surface area contributed by atoms with Gasteiger partial charge in [0.2, 0.25) is 15.9 Å². The van der Waals surface area contributed by atoms with Crippen molar-refractivity contribution in [1.29, 1.82) is 0 Å². The molecule has 32 heavy (non-hydrogen) atoms. The summed E-state index contributed by atoms with van der Waals surface area (Å²) in [7, 11) is -3.85. The van der Waals surface area contributed by atoms with E-state index in [0.29, 0.717) is 22.4 Å². The predicted molar refractivity (Wildman–Crippen MR) is 125 cm³/mol. The van der Waals surface area contributed by atoms with Gasteiger partial charge in [-0.05, 0) is 18.2 Å². The lowest BCUT2D eigenvalue weighted by atomic mass is 10.1. The Bertz CT molecular complexity index is 1280. The first kappa shape index (κ1) is 21.8. The minimum Gasteiger partial charge on any atom is -0.431 e. The van der Waals surface area contributed by atoms with E-state index in [9.17, 15) is 13.2 Å². The van der Waals surface area contributed by atoms with Crippen LogP contribution >= 0.6 is 11.8 Å². The number of aromatic nitrogens is 1. The van der Waals surface area contributed by atoms with Crippen LogP contribution in [-0.4, -0.2) is 25.1 Å². The molecule has 0 bridgehead atoms. The highest BCUT2D eigenvalue weighted by atomic mass is 32.2. The van der Waals surface area contributed by atoms with Crippen LogP contribution in [0.15, 0.2) is 99.5 Å². The Labute approximate surface area is 189 Å². The van der Waals surface area contributed by atoms with Crippen LogP contribution in [0.1, 0.15) is 0 Å². The molecular weight excluding hydrogens is 446 g/mol. The standard InChI is InChI=1S/C23H19N3O4S2/c24-32(28,29)19-13-7-12-18(14-19)25-20(27)15-31-23-26-21(16-8-3-1-4-9-16)22(30-23)17-10-5-2-6-11-17/h1-14H,15H2,(H,25,27)(H2,24,28,29). The summed E-state index contributed by atoms with van der Waals surface area (Å²) in [6.45, 7) is 0. The van der Waals surface area contributed by atoms with Crippen LogP contribution in [-0.2, 0) is 14.8 Å². The maximum atomic E-state index is 12.4. The second-order valence-electron chi connectivity index (χ2n) is 6.80. The van der Waals surface area contributed by atoms with E-state index < -0.39 is 10.0 Å². The van der Waals surface area contributed by atoms with E-state index in [1.807, 2.05) is 60.7 Å². The molecule has 3 aromatic carbocycles. The van der Waals surface area contributed by atoms with E-state index >= 15 is 0 Å². The maximum Gasteiger partial charge on any atom is 0.257 e. The van der Waals surface area contributed by atoms with E-state index in [1.54, 1.807) is 6.07 Å². The SMILES string of the molecule is NS(=O)(=O)c1cccc(NC(=O)CSc2nc(-c3ccccc3)c(-c3ccccc3)o2)c1. The van der Waals surface area contributed by atoms with Crippen molar-refractivity contribution in [2.45, 2.75) is 10.1 Å². The topological polar surface area (TPSA) is 115 Å². The summed E-state index contributed by atoms with van der Waals surface area (Å²) < 4.78 is 29.0. The van der Waals surface area contributed by atoms with Gasteiger partial charge in [-0.25, -0.2) is 18.5 Å². The van der Waals surface area contributed by atoms with Crippen LogP contribution in [0.2, 0.25) is 0 Å². The quantitative estimate of drug-likeness (QED) is 0.391. The highest BCUT2D eigenvalue weighted by Gasteiger charge is 2.18. The lowest BCUT2D eigenvalue weighted by Gasteiger charge is -2.05. The summed E-state index contributed by atoms with van der Waals surface area (Å²) in [5, 5.41) is 8.16. The summed E-state index contributed by atoms with van der Waals surface area (Å²) in [5.74, 6) is 0.325. The lowest BCUT2D eigenvalue weighted by molar-refractivity contribution is -0.113. The molecule has 0 saturated carbocycles. The number of anilines is 1. The predicted octanol–water partition coefficient (Wildman–Crippen LogP) is 4.39. The fourth-order valence-electron chi connectivity index (χ4n) is 3.01. The summed E-state index contributed by atoms with van der Waals surface area (Å²) >= 11 is 1.15. The van der Waals surface area contributed by atoms with Gasteiger partial charge in [-0.3, -0.25) is 4.79 Å². The number of oxazole rings is 1. The first-order valence-corrected chi connectivity index (χ1v) is 12.1. The van der Waals surface area contributed by atoms with Gasteiger partial charge in [-0.2, -0.15) is 0 Å². The summed E-state index contributed by atoms with van der Waals surface area (Å²) in [5.41, 5.74) is 2.83. The highest BCUT2D eigenvalue weighted by Crippen LogP contribution is 2.35. The molecule has 0 aliphatic rings. The van der Waals surface area contributed by atoms with E-state index in [2.05, 4.69) is 10.3 Å². The number of primary sulfonamides is 1. The summed E-state index contributed by atoms with van der Waals surface area (Å²) in [6, 6.07) is 25.1. The van der Waals surface area contributed by atoms with Crippen molar-refractivity contribution in [3.8, 4) is 22.6 Å². The number of amides is 1. The normalized spacial score (nSPS) is 11.3. The van der Waals surface area contributed by atoms with Crippen LogP contribution in [0, 0.1) is 0 Å². The highest BCUT2D eigenvalue weighted by molar-refractivity contribution is 7.99. The average molecular weight is 466 g/mol. The van der Waals surface area contributed by atoms with Gasteiger partial charge in [-0.15, -0.1) is 0 Å². The minimum atomic E-state index is -3.85. The number of nitrogens with zero attached hydrogens (tertiary/aromatic N) is 1. The molecule has 0 radical (unpaired) electrons. The van der Waals surface area contributed by atoms with E-state index in [0.717, 1.165) is 22.9 Å². The smallest absolute Gasteiger partial charge is 0.257 e. The molecule has 4 rings (SSSR count). The van der Waals surface area contributed by atoms with Crippen LogP contribution in [0.5, 0.6) is 0 Å². The van der Waals surface area contributed by atoms with Gasteiger partial charge in [0.05, 0.1) is 10.6 Å². The number of benzene rings is 3. The van der Waals surface area contributed by atoms with Crippen molar-refractivity contribution in [1.82, 2.24) is 4.98 Å². The number of carbonyl (C=O) groups is 1. The van der Waals surface area contributed by atoms with Gasteiger partial charge < -0.3 is 9.73 Å². The minimum absolute atomic E-state index is 0.0303. The molecule has 3 N–H and O–H groups in total. The average Bonchev–Trinajstić information content (AvgIpc) is 3.23. The Kier molecular flexibility index (Phi) is 6.40. The lowest BCUT2D eigenvalue weighted by Crippen LogP contribution is -2.16. The Balaban J connectivity index is 1.51. The van der Waals surface area contributed by atoms with Crippen LogP contribution in [0.4, 0.5) is 5.69 Å². The third-order valence-electron chi connectivity index (χ3n) is 4.46. The van der Waals surface area contributed by atoms with Crippen molar-refractivity contribution in [3.05, 3.63) is 84.9 Å². The third-order valence-corrected chi connectivity index (χ3v) is 6.20. The third kappa shape index (κ3) is 5.25. The molecule has 1 amide bonds. The zero-order chi connectivity index (χ0) is 22.6. The van der Waals surface area contributed by atoms with Crippen molar-refractivity contribution in [2.75, 3.05) is 11.1 Å². The number of nitrogens with two attached hydrogens (primary N) is 1. The van der Waals surface area contributed by atoms with Crippen LogP contribution in [0.3, 0.4) is 0 Å². The molecular formula is C23H19N3O4S2. The van der Waals surface area contributed by atoms with Crippen molar-refractivity contribution in [3.63, 3.8) is 0 Å². The first-order chi connectivity index (χ1) is 15.4. The molecule has 7 nitrogen and oxygen atoms in total. The van der Waals surface area contributed by atoms with Crippen LogP contribution in [0.25, 0.3) is 22.6 Å². The molecule has 0 aliphatic carbocycles. The first-order valence-electron chi connectivity index (χ1n) is 9.57. The summed E-state index contributed by atoms with van der Waals surface area (Å²) in [6.07, 6.45) is 0. The summed E-state index contributed by atoms with van der Waals surface area (Å²) in [4.78, 5) is 16.9. The monoisotopic (exact) mass is 465 g/mol. The maximum absolute atomic E-state index is 12.4. The molecule has 4 aromatic rings. The number of sulfonamides is 1. The molecule has 1 aromatic heterocycles. The molecule has 0 atom stereocenters. The van der Waals surface area contributed by atoms with Gasteiger partial charge >= 0.3 is 0 Å². The number of rotatable bonds is 7. The zero-order valence-electron chi connectivity index (χ0n) is 16.8. The van der Waals surface area contributed by atoms with Crippen molar-refractivity contribution < 1.29 is 17.6 Å². The van der Waals surface area contributed by atoms with Gasteiger partial charge in [-0.1, -0.05) is 78.5 Å². The fourth-order valence-corrected chi connectivity index (χ4v) is 4.20. The second kappa shape index (κ2) is 9.39. The van der Waals surface area contributed by atoms with Gasteiger partial charge in [0.15, 0.2) is 5.76 Å². The molecule has 162 valence electrons. The molecule has 9 heteroatoms. The number of nitrogens with one attached hydrogen (secondary N) is 1. The molecule has 0 saturated heterocycles. The molecule has 0 aliphatic heterocycles. The molecule has 1 heterocycles. The molecule has 0 spiro atoms. The van der Waals surface area contributed by atoms with E-state index in [1.165, 1.54) is 18.2 Å². The zero-order valence-corrected chi connectivity index (χ0v) is 18.4. The van der Waals surface area contributed by atoms with Crippen LogP contribution < -0.4 is 10.5 Å². The second-order valence-corrected chi connectivity index (χ2v) is 9.29. The fraction of sp³-hybridized carbons (Fsp3) is 0.0435. The van der Waals surface area contributed by atoms with Crippen molar-refractivity contribution in [2.24, 2.45) is 5.14 Å². The van der Waals surface area contributed by atoms with E-state index in [-0.39, 0.29) is 16.6 Å². The van der Waals surface area contributed by atoms with Gasteiger partial charge in [0.1, 0.15) is 5.69 Å². The number of hydrogen-bond acceptors (Lipinski definition) is 6. The number of carbonyl (C=O) groups excluding carboxylic acids is 1. The van der Waals surface area contributed by atoms with Gasteiger partial charge in [0.25, 0.3) is 5.22 Å². The van der Waals surface area contributed by atoms with Gasteiger partial charge in [0, 0.05) is 16.8 Å². The molecule has 0 unspecified atom stereocenters.